The first-order valence-corrected chi connectivity index (χ1v) is 12.1. The third-order valence-corrected chi connectivity index (χ3v) is 7.04. The summed E-state index contributed by atoms with van der Waals surface area (Å²) in [7, 11) is 0. The van der Waals surface area contributed by atoms with E-state index in [0.717, 1.165) is 47.4 Å². The van der Waals surface area contributed by atoms with Crippen molar-refractivity contribution >= 4 is 50.4 Å². The number of halogens is 1. The van der Waals surface area contributed by atoms with E-state index in [1.807, 2.05) is 42.5 Å². The summed E-state index contributed by atoms with van der Waals surface area (Å²) in [5, 5.41) is 3.80. The minimum absolute atomic E-state index is 0.0770. The number of thiophene rings is 1. The van der Waals surface area contributed by atoms with Crippen molar-refractivity contribution in [3.63, 3.8) is 0 Å². The monoisotopic (exact) mass is 510 g/mol. The maximum atomic E-state index is 13.2. The topological polar surface area (TPSA) is 67.8 Å². The first kappa shape index (κ1) is 22.4. The van der Waals surface area contributed by atoms with Gasteiger partial charge in [-0.15, -0.1) is 11.3 Å². The number of esters is 1. The van der Waals surface area contributed by atoms with Gasteiger partial charge in [-0.2, -0.15) is 0 Å². The number of hydrogen-bond donors (Lipinski definition) is 1. The first-order valence-electron chi connectivity index (χ1n) is 10.5. The molecule has 0 unspecified atom stereocenters. The average molecular weight is 511 g/mol. The van der Waals surface area contributed by atoms with E-state index in [0.29, 0.717) is 22.3 Å². The van der Waals surface area contributed by atoms with Crippen molar-refractivity contribution in [1.29, 1.82) is 0 Å². The normalized spacial score (nSPS) is 13.1. The Morgan fingerprint density at radius 3 is 2.69 bits per heavy atom. The summed E-state index contributed by atoms with van der Waals surface area (Å²) in [6.07, 6.45) is 5.89. The van der Waals surface area contributed by atoms with Crippen LogP contribution in [0.15, 0.2) is 58.0 Å². The molecule has 1 N–H and O–H groups in total. The number of ether oxygens (including phenoxy) is 1. The molecule has 5 nitrogen and oxygen atoms in total. The molecule has 0 radical (unpaired) electrons. The molecule has 164 valence electrons. The van der Waals surface area contributed by atoms with Gasteiger partial charge in [0.2, 0.25) is 0 Å². The van der Waals surface area contributed by atoms with Crippen LogP contribution in [0.1, 0.15) is 51.7 Å². The number of benzene rings is 2. The van der Waals surface area contributed by atoms with Crippen molar-refractivity contribution in [3.8, 4) is 5.75 Å². The Labute approximate surface area is 199 Å². The van der Waals surface area contributed by atoms with Gasteiger partial charge in [-0.25, -0.2) is 4.99 Å². The van der Waals surface area contributed by atoms with Crippen molar-refractivity contribution in [1.82, 2.24) is 5.32 Å². The van der Waals surface area contributed by atoms with Crippen LogP contribution < -0.4 is 10.1 Å². The highest BCUT2D eigenvalue weighted by atomic mass is 79.9. The zero-order valence-electron chi connectivity index (χ0n) is 17.7. The minimum Gasteiger partial charge on any atom is -0.426 e. The van der Waals surface area contributed by atoms with E-state index in [-0.39, 0.29) is 11.9 Å². The molecule has 0 saturated heterocycles. The van der Waals surface area contributed by atoms with E-state index in [2.05, 4.69) is 21.2 Å². The molecule has 1 aliphatic rings. The predicted molar refractivity (Wildman–Crippen MR) is 131 cm³/mol. The Morgan fingerprint density at radius 2 is 1.94 bits per heavy atom. The number of fused-ring (bicyclic) bond motifs is 1. The van der Waals surface area contributed by atoms with Gasteiger partial charge < -0.3 is 10.1 Å². The van der Waals surface area contributed by atoms with Gasteiger partial charge in [-0.05, 0) is 76.5 Å². The quantitative estimate of drug-likeness (QED) is 0.251. The third kappa shape index (κ3) is 5.34. The highest BCUT2D eigenvalue weighted by Gasteiger charge is 2.25. The second-order valence-corrected chi connectivity index (χ2v) is 9.54. The summed E-state index contributed by atoms with van der Waals surface area (Å²) in [5.74, 6) is 0.0106. The lowest BCUT2D eigenvalue weighted by Crippen LogP contribution is -2.24. The lowest BCUT2D eigenvalue weighted by atomic mass is 9.95. The molecule has 0 atom stereocenters. The molecule has 1 amide bonds. The molecule has 1 aromatic heterocycles. The van der Waals surface area contributed by atoms with Crippen LogP contribution in [-0.4, -0.2) is 18.1 Å². The Hall–Kier alpha value is -2.77. The number of aliphatic imine (C=N–C) groups is 1. The smallest absolute Gasteiger partial charge is 0.308 e. The van der Waals surface area contributed by atoms with Gasteiger partial charge >= 0.3 is 5.97 Å². The van der Waals surface area contributed by atoms with Crippen LogP contribution in [0.3, 0.4) is 0 Å². The maximum Gasteiger partial charge on any atom is 0.308 e. The molecule has 0 saturated carbocycles. The largest absolute Gasteiger partial charge is 0.426 e. The Morgan fingerprint density at radius 1 is 1.16 bits per heavy atom. The van der Waals surface area contributed by atoms with Gasteiger partial charge in [0.25, 0.3) is 5.91 Å². The van der Waals surface area contributed by atoms with E-state index in [1.165, 1.54) is 11.8 Å². The number of nitrogens with one attached hydrogen (secondary N) is 1. The van der Waals surface area contributed by atoms with Crippen LogP contribution in [0.25, 0.3) is 0 Å². The second-order valence-electron chi connectivity index (χ2n) is 7.60. The standard InChI is InChI=1S/C25H23BrN2O3S/c1-16(29)31-21-12-11-18(13-20(21)26)15-28-25-23(19-9-5-6-10-22(19)32-25)24(30)27-14-17-7-3-2-4-8-17/h2-4,7-8,11-13,15H,5-6,9-10,14H2,1H3,(H,27,30). The van der Waals surface area contributed by atoms with E-state index >= 15 is 0 Å². The molecular weight excluding hydrogens is 488 g/mol. The summed E-state index contributed by atoms with van der Waals surface area (Å²) in [6, 6.07) is 15.3. The van der Waals surface area contributed by atoms with E-state index in [9.17, 15) is 9.59 Å². The first-order chi connectivity index (χ1) is 15.5. The van der Waals surface area contributed by atoms with Gasteiger partial charge in [0.05, 0.1) is 10.0 Å². The van der Waals surface area contributed by atoms with E-state index in [1.54, 1.807) is 23.6 Å². The van der Waals surface area contributed by atoms with Gasteiger partial charge in [0.15, 0.2) is 0 Å². The predicted octanol–water partition coefficient (Wildman–Crippen LogP) is 6.00. The number of hydrogen-bond acceptors (Lipinski definition) is 5. The van der Waals surface area contributed by atoms with Crippen molar-refractivity contribution in [3.05, 3.63) is 80.1 Å². The van der Waals surface area contributed by atoms with Crippen LogP contribution in [0.4, 0.5) is 5.00 Å². The Bertz CT molecular complexity index is 1170. The summed E-state index contributed by atoms with van der Waals surface area (Å²) in [4.78, 5) is 30.3. The SMILES string of the molecule is CC(=O)Oc1ccc(C=Nc2sc3c(c2C(=O)NCc2ccccc2)CCCC3)cc1Br. The van der Waals surface area contributed by atoms with Crippen LogP contribution in [0.2, 0.25) is 0 Å². The van der Waals surface area contributed by atoms with Gasteiger partial charge in [0.1, 0.15) is 10.8 Å². The highest BCUT2D eigenvalue weighted by Crippen LogP contribution is 2.40. The molecule has 0 bridgehead atoms. The molecule has 0 aliphatic heterocycles. The molecule has 3 aromatic rings. The zero-order valence-corrected chi connectivity index (χ0v) is 20.1. The van der Waals surface area contributed by atoms with Crippen molar-refractivity contribution in [2.75, 3.05) is 0 Å². The van der Waals surface area contributed by atoms with Crippen molar-refractivity contribution in [2.24, 2.45) is 4.99 Å². The Balaban J connectivity index is 1.58. The lowest BCUT2D eigenvalue weighted by molar-refractivity contribution is -0.131. The van der Waals surface area contributed by atoms with Crippen LogP contribution in [0.5, 0.6) is 5.75 Å². The summed E-state index contributed by atoms with van der Waals surface area (Å²) >= 11 is 5.04. The number of amides is 1. The molecule has 1 heterocycles. The fourth-order valence-electron chi connectivity index (χ4n) is 3.71. The summed E-state index contributed by atoms with van der Waals surface area (Å²) in [6.45, 7) is 1.85. The number of aryl methyl sites for hydroxylation is 1. The van der Waals surface area contributed by atoms with Gasteiger partial charge in [-0.1, -0.05) is 30.3 Å². The molecule has 1 aliphatic carbocycles. The second kappa shape index (κ2) is 10.2. The molecule has 2 aromatic carbocycles. The van der Waals surface area contributed by atoms with Crippen LogP contribution in [0, 0.1) is 0 Å². The number of carbonyl (C=O) groups is 2. The van der Waals surface area contributed by atoms with Crippen LogP contribution in [-0.2, 0) is 24.2 Å². The van der Waals surface area contributed by atoms with Gasteiger partial charge in [-0.3, -0.25) is 9.59 Å². The van der Waals surface area contributed by atoms with Crippen molar-refractivity contribution < 1.29 is 14.3 Å². The summed E-state index contributed by atoms with van der Waals surface area (Å²) in [5.41, 5.74) is 3.75. The molecular formula is C25H23BrN2O3S. The van der Waals surface area contributed by atoms with E-state index in [4.69, 9.17) is 9.73 Å². The molecule has 7 heteroatoms. The van der Waals surface area contributed by atoms with Crippen molar-refractivity contribution in [2.45, 2.75) is 39.2 Å². The van der Waals surface area contributed by atoms with E-state index < -0.39 is 0 Å². The number of carbonyl (C=O) groups excluding carboxylic acids is 2. The average Bonchev–Trinajstić information content (AvgIpc) is 3.16. The fraction of sp³-hybridized carbons (Fsp3) is 0.240. The zero-order chi connectivity index (χ0) is 22.5. The highest BCUT2D eigenvalue weighted by molar-refractivity contribution is 9.10. The maximum absolute atomic E-state index is 13.2. The van der Waals surface area contributed by atoms with Gasteiger partial charge in [0, 0.05) is 24.6 Å². The number of nitrogens with zero attached hydrogens (tertiary/aromatic N) is 1. The molecule has 32 heavy (non-hydrogen) atoms. The third-order valence-electron chi connectivity index (χ3n) is 5.22. The molecule has 0 fully saturated rings. The summed E-state index contributed by atoms with van der Waals surface area (Å²) < 4.78 is 5.82. The fourth-order valence-corrected chi connectivity index (χ4v) is 5.42. The molecule has 0 spiro atoms. The minimum atomic E-state index is -0.373. The molecule has 4 rings (SSSR count). The number of rotatable bonds is 6. The Kier molecular flexibility index (Phi) is 7.17. The van der Waals surface area contributed by atoms with Crippen LogP contribution >= 0.6 is 27.3 Å². The lowest BCUT2D eigenvalue weighted by Gasteiger charge is -2.12.